The molecule has 0 aliphatic rings. The van der Waals surface area contributed by atoms with Gasteiger partial charge < -0.3 is 21.7 Å². The Morgan fingerprint density at radius 1 is 1.43 bits per heavy atom. The van der Waals surface area contributed by atoms with Gasteiger partial charge in [-0.25, -0.2) is 4.98 Å². The summed E-state index contributed by atoms with van der Waals surface area (Å²) < 4.78 is 0. The predicted molar refractivity (Wildman–Crippen MR) is 54.7 cm³/mol. The van der Waals surface area contributed by atoms with Crippen LogP contribution in [0.25, 0.3) is 0 Å². The molecule has 0 fully saturated rings. The molecule has 7 heteroatoms. The zero-order valence-electron chi connectivity index (χ0n) is 7.42. The van der Waals surface area contributed by atoms with Crippen LogP contribution in [0.4, 0.5) is 11.8 Å². The minimum atomic E-state index is -0.766. The molecule has 0 saturated heterocycles. The summed E-state index contributed by atoms with van der Waals surface area (Å²) in [5.74, 6) is 0.733. The molecule has 1 aromatic rings. The van der Waals surface area contributed by atoms with Crippen molar-refractivity contribution in [2.75, 3.05) is 23.8 Å². The zero-order valence-corrected chi connectivity index (χ0v) is 8.24. The lowest BCUT2D eigenvalue weighted by Crippen LogP contribution is -2.14. The van der Waals surface area contributed by atoms with Gasteiger partial charge in [0.25, 0.3) is 0 Å². The molecule has 1 unspecified atom stereocenters. The summed E-state index contributed by atoms with van der Waals surface area (Å²) >= 11 is 1.26. The second kappa shape index (κ2) is 4.99. The highest BCUT2D eigenvalue weighted by Crippen LogP contribution is 2.18. The number of nitrogens with two attached hydrogens (primary N) is 2. The number of rotatable bonds is 4. The molecule has 6 nitrogen and oxygen atoms in total. The third-order valence-corrected chi connectivity index (χ3v) is 2.43. The monoisotopic (exact) mass is 216 g/mol. The minimum absolute atomic E-state index is 0.103. The molecule has 1 aromatic heterocycles. The van der Waals surface area contributed by atoms with Gasteiger partial charge in [0.2, 0.25) is 5.95 Å². The van der Waals surface area contributed by atoms with Gasteiger partial charge in [0.1, 0.15) is 10.8 Å². The van der Waals surface area contributed by atoms with Gasteiger partial charge in [-0.2, -0.15) is 4.98 Å². The van der Waals surface area contributed by atoms with E-state index >= 15 is 0 Å². The van der Waals surface area contributed by atoms with Crippen molar-refractivity contribution in [1.29, 1.82) is 0 Å². The lowest BCUT2D eigenvalue weighted by molar-refractivity contribution is 0.113. The molecule has 0 saturated carbocycles. The summed E-state index contributed by atoms with van der Waals surface area (Å²) in [7, 11) is 0. The third kappa shape index (κ3) is 3.36. The summed E-state index contributed by atoms with van der Waals surface area (Å²) in [6.07, 6.45) is -0.766. The molecule has 0 spiro atoms. The summed E-state index contributed by atoms with van der Waals surface area (Å²) in [5, 5.41) is 18.2. The molecular formula is C7H12N4O2S. The highest BCUT2D eigenvalue weighted by Gasteiger charge is 2.05. The van der Waals surface area contributed by atoms with E-state index < -0.39 is 6.10 Å². The van der Waals surface area contributed by atoms with Gasteiger partial charge in [-0.3, -0.25) is 0 Å². The third-order valence-electron chi connectivity index (χ3n) is 1.37. The molecule has 0 amide bonds. The van der Waals surface area contributed by atoms with Crippen molar-refractivity contribution in [3.63, 3.8) is 0 Å². The molecule has 6 N–H and O–H groups in total. The minimum Gasteiger partial charge on any atom is -0.394 e. The summed E-state index contributed by atoms with van der Waals surface area (Å²) in [6, 6.07) is 1.56. The first-order valence-corrected chi connectivity index (χ1v) is 4.92. The number of aliphatic hydroxyl groups is 2. The van der Waals surface area contributed by atoms with Crippen LogP contribution in [0.15, 0.2) is 11.1 Å². The van der Waals surface area contributed by atoms with Crippen molar-refractivity contribution in [3.8, 4) is 0 Å². The predicted octanol–water partition coefficient (Wildman–Crippen LogP) is -0.914. The Morgan fingerprint density at radius 2 is 2.14 bits per heavy atom. The summed E-state index contributed by atoms with van der Waals surface area (Å²) in [4.78, 5) is 7.60. The van der Waals surface area contributed by atoms with Crippen LogP contribution in [-0.4, -0.2) is 38.6 Å². The van der Waals surface area contributed by atoms with E-state index in [-0.39, 0.29) is 12.6 Å². The van der Waals surface area contributed by atoms with E-state index in [0.717, 1.165) is 0 Å². The molecule has 0 radical (unpaired) electrons. The second-order valence-electron chi connectivity index (χ2n) is 2.64. The number of nitrogens with zero attached hydrogens (tertiary/aromatic N) is 2. The molecule has 1 heterocycles. The van der Waals surface area contributed by atoms with Crippen LogP contribution in [0.2, 0.25) is 0 Å². The molecule has 1 atom stereocenters. The second-order valence-corrected chi connectivity index (χ2v) is 3.68. The lowest BCUT2D eigenvalue weighted by Gasteiger charge is -2.06. The molecule has 14 heavy (non-hydrogen) atoms. The maximum atomic E-state index is 9.08. The first-order valence-electron chi connectivity index (χ1n) is 3.93. The topological polar surface area (TPSA) is 118 Å². The molecule has 1 rings (SSSR count). The van der Waals surface area contributed by atoms with Crippen LogP contribution in [0, 0.1) is 0 Å². The van der Waals surface area contributed by atoms with E-state index in [0.29, 0.717) is 16.6 Å². The Morgan fingerprint density at radius 3 is 2.71 bits per heavy atom. The maximum Gasteiger partial charge on any atom is 0.223 e. The van der Waals surface area contributed by atoms with Gasteiger partial charge in [0, 0.05) is 11.8 Å². The Labute approximate surface area is 85.4 Å². The van der Waals surface area contributed by atoms with Gasteiger partial charge in [0.15, 0.2) is 0 Å². The Bertz CT molecular complexity index is 289. The van der Waals surface area contributed by atoms with Crippen LogP contribution in [0.1, 0.15) is 0 Å². The molecule has 78 valence electrons. The first-order chi connectivity index (χ1) is 6.61. The van der Waals surface area contributed by atoms with Crippen molar-refractivity contribution < 1.29 is 10.2 Å². The molecule has 0 aliphatic carbocycles. The number of thioether (sulfide) groups is 1. The fraction of sp³-hybridized carbons (Fsp3) is 0.429. The van der Waals surface area contributed by atoms with E-state index in [9.17, 15) is 0 Å². The van der Waals surface area contributed by atoms with Gasteiger partial charge in [0.05, 0.1) is 12.7 Å². The van der Waals surface area contributed by atoms with E-state index in [1.165, 1.54) is 11.8 Å². The van der Waals surface area contributed by atoms with E-state index in [4.69, 9.17) is 21.7 Å². The Balaban J connectivity index is 2.58. The molecule has 0 bridgehead atoms. The summed E-state index contributed by atoms with van der Waals surface area (Å²) in [6.45, 7) is -0.275. The normalized spacial score (nSPS) is 12.7. The standard InChI is InChI=1S/C7H12N4O2S/c8-5-1-6(11-7(9)10-5)14-3-4(13)2-12/h1,4,12-13H,2-3H2,(H4,8,9,10,11). The molecular weight excluding hydrogens is 204 g/mol. The zero-order chi connectivity index (χ0) is 10.6. The number of aliphatic hydroxyl groups excluding tert-OH is 2. The Kier molecular flexibility index (Phi) is 3.93. The average molecular weight is 216 g/mol. The van der Waals surface area contributed by atoms with Crippen LogP contribution >= 0.6 is 11.8 Å². The highest BCUT2D eigenvalue weighted by molar-refractivity contribution is 7.99. The highest BCUT2D eigenvalue weighted by atomic mass is 32.2. The molecule has 0 aliphatic heterocycles. The smallest absolute Gasteiger partial charge is 0.223 e. The van der Waals surface area contributed by atoms with Gasteiger partial charge in [-0.1, -0.05) is 0 Å². The number of nitrogen functional groups attached to an aromatic ring is 2. The van der Waals surface area contributed by atoms with Gasteiger partial charge >= 0.3 is 0 Å². The van der Waals surface area contributed by atoms with Gasteiger partial charge in [-0.05, 0) is 0 Å². The van der Waals surface area contributed by atoms with Crippen molar-refractivity contribution in [2.24, 2.45) is 0 Å². The fourth-order valence-electron chi connectivity index (χ4n) is 0.769. The number of hydrogen-bond acceptors (Lipinski definition) is 7. The largest absolute Gasteiger partial charge is 0.394 e. The van der Waals surface area contributed by atoms with Crippen LogP contribution < -0.4 is 11.5 Å². The SMILES string of the molecule is Nc1cc(SCC(O)CO)nc(N)n1. The van der Waals surface area contributed by atoms with Crippen molar-refractivity contribution >= 4 is 23.5 Å². The van der Waals surface area contributed by atoms with Crippen molar-refractivity contribution in [3.05, 3.63) is 6.07 Å². The van der Waals surface area contributed by atoms with E-state index in [2.05, 4.69) is 9.97 Å². The Hall–Kier alpha value is -1.05. The number of aromatic nitrogens is 2. The summed E-state index contributed by atoms with van der Waals surface area (Å²) in [5.41, 5.74) is 10.8. The number of anilines is 2. The van der Waals surface area contributed by atoms with Crippen molar-refractivity contribution in [2.45, 2.75) is 11.1 Å². The van der Waals surface area contributed by atoms with Crippen LogP contribution in [-0.2, 0) is 0 Å². The van der Waals surface area contributed by atoms with E-state index in [1.807, 2.05) is 0 Å². The first kappa shape index (κ1) is 11.0. The van der Waals surface area contributed by atoms with Crippen LogP contribution in [0.3, 0.4) is 0 Å². The van der Waals surface area contributed by atoms with E-state index in [1.54, 1.807) is 6.07 Å². The van der Waals surface area contributed by atoms with Crippen LogP contribution in [0.5, 0.6) is 0 Å². The lowest BCUT2D eigenvalue weighted by atomic mass is 10.4. The average Bonchev–Trinajstić information content (AvgIpc) is 2.12. The van der Waals surface area contributed by atoms with Crippen molar-refractivity contribution in [1.82, 2.24) is 9.97 Å². The van der Waals surface area contributed by atoms with Gasteiger partial charge in [-0.15, -0.1) is 11.8 Å². The quantitative estimate of drug-likeness (QED) is 0.380. The fourth-order valence-corrected chi connectivity index (χ4v) is 1.60. The maximum absolute atomic E-state index is 9.08. The number of hydrogen-bond donors (Lipinski definition) is 4. The molecule has 0 aromatic carbocycles.